The molecule has 7 heteroatoms. The maximum atomic E-state index is 11.8. The predicted molar refractivity (Wildman–Crippen MR) is 73.6 cm³/mol. The highest BCUT2D eigenvalue weighted by Gasteiger charge is 2.34. The van der Waals surface area contributed by atoms with Gasteiger partial charge in [-0.05, 0) is 32.1 Å². The summed E-state index contributed by atoms with van der Waals surface area (Å²) in [4.78, 5) is 0. The van der Waals surface area contributed by atoms with Crippen molar-refractivity contribution < 1.29 is 13.2 Å². The first-order chi connectivity index (χ1) is 8.09. The Morgan fingerprint density at radius 3 is 2.44 bits per heavy atom. The van der Waals surface area contributed by atoms with Crippen LogP contribution in [0.1, 0.15) is 32.1 Å². The van der Waals surface area contributed by atoms with Crippen molar-refractivity contribution in [2.24, 2.45) is 0 Å². The van der Waals surface area contributed by atoms with Gasteiger partial charge in [0.2, 0.25) is 10.0 Å². The molecule has 5 nitrogen and oxygen atoms in total. The molecule has 18 heavy (non-hydrogen) atoms. The zero-order chi connectivity index (χ0) is 12.3. The molecule has 2 bridgehead atoms. The SMILES string of the molecule is COCCCS(=O)(=O)NC1CC2CCC(C1)N2.Cl. The van der Waals surface area contributed by atoms with Crippen LogP contribution in [-0.4, -0.2) is 46.0 Å². The van der Waals surface area contributed by atoms with Gasteiger partial charge in [0.15, 0.2) is 0 Å². The van der Waals surface area contributed by atoms with E-state index in [0.717, 1.165) is 12.8 Å². The van der Waals surface area contributed by atoms with Gasteiger partial charge in [-0.2, -0.15) is 0 Å². The molecule has 0 aromatic carbocycles. The van der Waals surface area contributed by atoms with E-state index in [4.69, 9.17) is 4.74 Å². The van der Waals surface area contributed by atoms with Crippen LogP contribution in [0.25, 0.3) is 0 Å². The van der Waals surface area contributed by atoms with Crippen LogP contribution in [-0.2, 0) is 14.8 Å². The molecular weight excluding hydrogens is 276 g/mol. The number of nitrogens with one attached hydrogen (secondary N) is 2. The number of hydrogen-bond acceptors (Lipinski definition) is 4. The smallest absolute Gasteiger partial charge is 0.211 e. The lowest BCUT2D eigenvalue weighted by Crippen LogP contribution is -2.48. The third kappa shape index (κ3) is 4.66. The highest BCUT2D eigenvalue weighted by Crippen LogP contribution is 2.27. The van der Waals surface area contributed by atoms with Gasteiger partial charge in [-0.3, -0.25) is 0 Å². The minimum absolute atomic E-state index is 0. The minimum atomic E-state index is -3.13. The van der Waals surface area contributed by atoms with Crippen LogP contribution in [0.5, 0.6) is 0 Å². The van der Waals surface area contributed by atoms with E-state index in [1.807, 2.05) is 0 Å². The zero-order valence-electron chi connectivity index (χ0n) is 10.7. The van der Waals surface area contributed by atoms with Gasteiger partial charge >= 0.3 is 0 Å². The maximum absolute atomic E-state index is 11.8. The van der Waals surface area contributed by atoms with E-state index in [1.165, 1.54) is 12.8 Å². The largest absolute Gasteiger partial charge is 0.385 e. The molecule has 0 spiro atoms. The maximum Gasteiger partial charge on any atom is 0.211 e. The fourth-order valence-electron chi connectivity index (χ4n) is 2.86. The first-order valence-corrected chi connectivity index (χ1v) is 7.99. The number of sulfonamides is 1. The lowest BCUT2D eigenvalue weighted by atomic mass is 10.0. The van der Waals surface area contributed by atoms with E-state index in [0.29, 0.717) is 25.1 Å². The Kier molecular flexibility index (Phi) is 6.34. The molecule has 2 aliphatic rings. The number of ether oxygens (including phenoxy) is 1. The van der Waals surface area contributed by atoms with Gasteiger partial charge in [0, 0.05) is 31.8 Å². The number of rotatable bonds is 6. The Bertz CT molecular complexity index is 338. The standard InChI is InChI=1S/C11H22N2O3S.ClH/c1-16-5-2-6-17(14,15)13-11-7-9-3-4-10(8-11)12-9;/h9-13H,2-8H2,1H3;1H. The molecule has 2 N–H and O–H groups in total. The van der Waals surface area contributed by atoms with Crippen molar-refractivity contribution in [3.63, 3.8) is 0 Å². The Balaban J connectivity index is 0.00000162. The van der Waals surface area contributed by atoms with E-state index in [2.05, 4.69) is 10.0 Å². The van der Waals surface area contributed by atoms with Gasteiger partial charge in [0.05, 0.1) is 5.75 Å². The summed E-state index contributed by atoms with van der Waals surface area (Å²) in [5, 5.41) is 3.50. The fraction of sp³-hybridized carbons (Fsp3) is 1.00. The molecule has 2 unspecified atom stereocenters. The molecule has 2 saturated heterocycles. The quantitative estimate of drug-likeness (QED) is 0.707. The van der Waals surface area contributed by atoms with Crippen molar-refractivity contribution in [3.05, 3.63) is 0 Å². The Hall–Kier alpha value is 0.120. The summed E-state index contributed by atoms with van der Waals surface area (Å²) in [6.45, 7) is 0.498. The molecule has 2 atom stereocenters. The van der Waals surface area contributed by atoms with E-state index < -0.39 is 10.0 Å². The van der Waals surface area contributed by atoms with Crippen molar-refractivity contribution in [3.8, 4) is 0 Å². The first kappa shape index (κ1) is 16.2. The monoisotopic (exact) mass is 298 g/mol. The summed E-state index contributed by atoms with van der Waals surface area (Å²) in [6.07, 6.45) is 4.79. The third-order valence-electron chi connectivity index (χ3n) is 3.58. The fourth-order valence-corrected chi connectivity index (χ4v) is 4.18. The molecule has 2 heterocycles. The molecule has 108 valence electrons. The van der Waals surface area contributed by atoms with Gasteiger partial charge < -0.3 is 10.1 Å². The molecule has 2 rings (SSSR count). The first-order valence-electron chi connectivity index (χ1n) is 6.34. The molecule has 2 aliphatic heterocycles. The summed E-state index contributed by atoms with van der Waals surface area (Å²) in [5.74, 6) is 0.167. The van der Waals surface area contributed by atoms with Gasteiger partial charge in [-0.25, -0.2) is 13.1 Å². The second-order valence-corrected chi connectivity index (χ2v) is 6.96. The van der Waals surface area contributed by atoms with Crippen molar-refractivity contribution >= 4 is 22.4 Å². The third-order valence-corrected chi connectivity index (χ3v) is 5.10. The molecule has 0 aliphatic carbocycles. The van der Waals surface area contributed by atoms with E-state index in [-0.39, 0.29) is 24.2 Å². The average molecular weight is 299 g/mol. The summed E-state index contributed by atoms with van der Waals surface area (Å²) < 4.78 is 31.3. The van der Waals surface area contributed by atoms with Gasteiger partial charge in [-0.1, -0.05) is 0 Å². The van der Waals surface area contributed by atoms with Crippen LogP contribution in [0.3, 0.4) is 0 Å². The summed E-state index contributed by atoms with van der Waals surface area (Å²) in [7, 11) is -1.54. The lowest BCUT2D eigenvalue weighted by molar-refractivity contribution is 0.199. The molecule has 0 aromatic heterocycles. The number of hydrogen-bond donors (Lipinski definition) is 2. The Labute approximate surface area is 116 Å². The summed E-state index contributed by atoms with van der Waals surface area (Å²) in [5.41, 5.74) is 0. The predicted octanol–water partition coefficient (Wildman–Crippen LogP) is 0.647. The van der Waals surface area contributed by atoms with Crippen LogP contribution < -0.4 is 10.0 Å². The topological polar surface area (TPSA) is 67.4 Å². The zero-order valence-corrected chi connectivity index (χ0v) is 12.4. The second-order valence-electron chi connectivity index (χ2n) is 5.09. The molecule has 2 fully saturated rings. The second kappa shape index (κ2) is 7.05. The Morgan fingerprint density at radius 2 is 1.89 bits per heavy atom. The lowest BCUT2D eigenvalue weighted by Gasteiger charge is -2.29. The molecule has 0 aromatic rings. The highest BCUT2D eigenvalue weighted by molar-refractivity contribution is 7.89. The van der Waals surface area contributed by atoms with Crippen molar-refractivity contribution in [2.45, 2.75) is 50.2 Å². The van der Waals surface area contributed by atoms with Crippen LogP contribution in [0, 0.1) is 0 Å². The van der Waals surface area contributed by atoms with Gasteiger partial charge in [-0.15, -0.1) is 12.4 Å². The minimum Gasteiger partial charge on any atom is -0.385 e. The number of halogens is 1. The normalized spacial score (nSPS) is 31.1. The molecule has 0 saturated carbocycles. The van der Waals surface area contributed by atoms with E-state index in [9.17, 15) is 8.42 Å². The molecular formula is C11H23ClN2O3S. The van der Waals surface area contributed by atoms with Crippen LogP contribution in [0.15, 0.2) is 0 Å². The van der Waals surface area contributed by atoms with Crippen molar-refractivity contribution in [1.29, 1.82) is 0 Å². The van der Waals surface area contributed by atoms with Gasteiger partial charge in [0.25, 0.3) is 0 Å². The van der Waals surface area contributed by atoms with Crippen LogP contribution >= 0.6 is 12.4 Å². The van der Waals surface area contributed by atoms with E-state index >= 15 is 0 Å². The highest BCUT2D eigenvalue weighted by atomic mass is 35.5. The van der Waals surface area contributed by atoms with Crippen LogP contribution in [0.2, 0.25) is 0 Å². The number of piperidine rings is 1. The average Bonchev–Trinajstić information content (AvgIpc) is 2.58. The molecule has 0 amide bonds. The van der Waals surface area contributed by atoms with Crippen molar-refractivity contribution in [1.82, 2.24) is 10.0 Å². The number of methoxy groups -OCH3 is 1. The van der Waals surface area contributed by atoms with Crippen LogP contribution in [0.4, 0.5) is 0 Å². The number of fused-ring (bicyclic) bond motifs is 2. The molecule has 0 radical (unpaired) electrons. The summed E-state index contributed by atoms with van der Waals surface area (Å²) in [6, 6.07) is 1.15. The summed E-state index contributed by atoms with van der Waals surface area (Å²) >= 11 is 0. The van der Waals surface area contributed by atoms with Gasteiger partial charge in [0.1, 0.15) is 0 Å². The Morgan fingerprint density at radius 1 is 1.28 bits per heavy atom. The van der Waals surface area contributed by atoms with E-state index in [1.54, 1.807) is 7.11 Å². The van der Waals surface area contributed by atoms with Crippen molar-refractivity contribution in [2.75, 3.05) is 19.5 Å².